The maximum Gasteiger partial charge on any atom is 0.145 e. The number of rotatable bonds is 4. The molecule has 2 rings (SSSR count). The Labute approximate surface area is 118 Å². The van der Waals surface area contributed by atoms with Crippen LogP contribution in [0.4, 0.5) is 4.39 Å². The van der Waals surface area contributed by atoms with Crippen LogP contribution >= 0.6 is 11.6 Å². The summed E-state index contributed by atoms with van der Waals surface area (Å²) in [6, 6.07) is 13.1. The average molecular weight is 278 g/mol. The van der Waals surface area contributed by atoms with E-state index in [0.717, 1.165) is 6.42 Å². The summed E-state index contributed by atoms with van der Waals surface area (Å²) in [7, 11) is 0. The first-order valence-electron chi connectivity index (χ1n) is 6.30. The highest BCUT2D eigenvalue weighted by molar-refractivity contribution is 6.30. The van der Waals surface area contributed by atoms with Crippen LogP contribution in [0.25, 0.3) is 0 Å². The van der Waals surface area contributed by atoms with Crippen molar-refractivity contribution in [1.29, 1.82) is 0 Å². The molecule has 0 heterocycles. The van der Waals surface area contributed by atoms with Gasteiger partial charge in [0.2, 0.25) is 0 Å². The summed E-state index contributed by atoms with van der Waals surface area (Å²) in [4.78, 5) is 0. The zero-order valence-corrected chi connectivity index (χ0v) is 11.6. The first kappa shape index (κ1) is 14.0. The van der Waals surface area contributed by atoms with Gasteiger partial charge in [-0.1, -0.05) is 53.6 Å². The van der Waals surface area contributed by atoms with E-state index in [1.807, 2.05) is 25.1 Å². The number of aryl methyl sites for hydroxylation is 1. The lowest BCUT2D eigenvalue weighted by Gasteiger charge is -2.13. The zero-order valence-electron chi connectivity index (χ0n) is 10.9. The number of nitrogens with two attached hydrogens (primary N) is 1. The van der Waals surface area contributed by atoms with Crippen LogP contribution in [-0.4, -0.2) is 6.04 Å². The Morgan fingerprint density at radius 2 is 1.89 bits per heavy atom. The van der Waals surface area contributed by atoms with E-state index in [9.17, 15) is 4.39 Å². The number of hydrogen-bond acceptors (Lipinski definition) is 1. The minimum atomic E-state index is -0.358. The van der Waals surface area contributed by atoms with Crippen molar-refractivity contribution in [3.05, 3.63) is 70.0 Å². The van der Waals surface area contributed by atoms with Gasteiger partial charge in [0.05, 0.1) is 5.02 Å². The second kappa shape index (κ2) is 6.18. The molecule has 0 aliphatic carbocycles. The molecule has 0 fully saturated rings. The largest absolute Gasteiger partial charge is 0.327 e. The molecule has 2 aromatic rings. The Bertz CT molecular complexity index is 568. The smallest absolute Gasteiger partial charge is 0.145 e. The monoisotopic (exact) mass is 277 g/mol. The van der Waals surface area contributed by atoms with Gasteiger partial charge in [0.15, 0.2) is 0 Å². The van der Waals surface area contributed by atoms with Crippen molar-refractivity contribution >= 4 is 11.6 Å². The molecule has 0 saturated heterocycles. The van der Waals surface area contributed by atoms with E-state index in [4.69, 9.17) is 17.3 Å². The Hall–Kier alpha value is -1.38. The van der Waals surface area contributed by atoms with E-state index in [1.165, 1.54) is 11.1 Å². The molecule has 0 aliphatic rings. The van der Waals surface area contributed by atoms with Gasteiger partial charge in [-0.25, -0.2) is 4.39 Å². The highest BCUT2D eigenvalue weighted by Gasteiger charge is 2.11. The highest BCUT2D eigenvalue weighted by Crippen LogP contribution is 2.19. The van der Waals surface area contributed by atoms with E-state index in [1.54, 1.807) is 18.2 Å². The fourth-order valence-electron chi connectivity index (χ4n) is 2.20. The van der Waals surface area contributed by atoms with Gasteiger partial charge in [-0.2, -0.15) is 0 Å². The van der Waals surface area contributed by atoms with Crippen LogP contribution in [0.2, 0.25) is 5.02 Å². The minimum Gasteiger partial charge on any atom is -0.327 e. The Morgan fingerprint density at radius 1 is 1.16 bits per heavy atom. The molecule has 0 spiro atoms. The molecule has 0 amide bonds. The summed E-state index contributed by atoms with van der Waals surface area (Å²) < 4.78 is 13.8. The van der Waals surface area contributed by atoms with Crippen LogP contribution in [0, 0.1) is 12.7 Å². The molecule has 0 saturated carbocycles. The van der Waals surface area contributed by atoms with Gasteiger partial charge in [-0.05, 0) is 37.0 Å². The normalized spacial score (nSPS) is 12.4. The highest BCUT2D eigenvalue weighted by atomic mass is 35.5. The van der Waals surface area contributed by atoms with Crippen LogP contribution in [0.1, 0.15) is 16.7 Å². The maximum absolute atomic E-state index is 13.8. The molecule has 0 aliphatic heterocycles. The standard InChI is InChI=1S/C16H17ClFN/c1-11-4-2-5-12(8-11)9-14(19)10-13-6-3-7-15(17)16(13)18/h2-8,14H,9-10,19H2,1H3. The van der Waals surface area contributed by atoms with Crippen LogP contribution in [0.3, 0.4) is 0 Å². The van der Waals surface area contributed by atoms with E-state index >= 15 is 0 Å². The molecular weight excluding hydrogens is 261 g/mol. The van der Waals surface area contributed by atoms with E-state index in [0.29, 0.717) is 12.0 Å². The number of halogens is 2. The number of benzene rings is 2. The third-order valence-electron chi connectivity index (χ3n) is 3.09. The molecule has 1 nitrogen and oxygen atoms in total. The van der Waals surface area contributed by atoms with Crippen LogP contribution < -0.4 is 5.73 Å². The number of hydrogen-bond donors (Lipinski definition) is 1. The SMILES string of the molecule is Cc1cccc(CC(N)Cc2cccc(Cl)c2F)c1. The molecule has 2 N–H and O–H groups in total. The molecule has 100 valence electrons. The van der Waals surface area contributed by atoms with E-state index in [-0.39, 0.29) is 16.9 Å². The summed E-state index contributed by atoms with van der Waals surface area (Å²) >= 11 is 5.76. The topological polar surface area (TPSA) is 26.0 Å². The molecule has 1 atom stereocenters. The maximum atomic E-state index is 13.8. The van der Waals surface area contributed by atoms with E-state index < -0.39 is 0 Å². The van der Waals surface area contributed by atoms with Crippen molar-refractivity contribution in [2.45, 2.75) is 25.8 Å². The van der Waals surface area contributed by atoms with Gasteiger partial charge in [0.1, 0.15) is 5.82 Å². The molecule has 0 aromatic heterocycles. The molecule has 1 unspecified atom stereocenters. The van der Waals surface area contributed by atoms with Gasteiger partial charge in [-0.15, -0.1) is 0 Å². The van der Waals surface area contributed by atoms with Crippen molar-refractivity contribution in [2.75, 3.05) is 0 Å². The predicted octanol–water partition coefficient (Wildman–Crippen LogP) is 3.90. The third kappa shape index (κ3) is 3.79. The zero-order chi connectivity index (χ0) is 13.8. The quantitative estimate of drug-likeness (QED) is 0.901. The molecule has 0 bridgehead atoms. The lowest BCUT2D eigenvalue weighted by Crippen LogP contribution is -2.26. The molecule has 0 radical (unpaired) electrons. The van der Waals surface area contributed by atoms with Gasteiger partial charge in [0.25, 0.3) is 0 Å². The Kier molecular flexibility index (Phi) is 4.56. The van der Waals surface area contributed by atoms with Crippen LogP contribution in [-0.2, 0) is 12.8 Å². The van der Waals surface area contributed by atoms with Crippen molar-refractivity contribution in [1.82, 2.24) is 0 Å². The van der Waals surface area contributed by atoms with Crippen molar-refractivity contribution < 1.29 is 4.39 Å². The second-order valence-electron chi connectivity index (χ2n) is 4.87. The average Bonchev–Trinajstić information content (AvgIpc) is 2.35. The van der Waals surface area contributed by atoms with Gasteiger partial charge < -0.3 is 5.73 Å². The predicted molar refractivity (Wildman–Crippen MR) is 78.0 cm³/mol. The van der Waals surface area contributed by atoms with E-state index in [2.05, 4.69) is 6.07 Å². The molecule has 2 aromatic carbocycles. The molecule has 19 heavy (non-hydrogen) atoms. The van der Waals surface area contributed by atoms with Gasteiger partial charge in [0, 0.05) is 6.04 Å². The molecular formula is C16H17ClFN. The summed E-state index contributed by atoms with van der Waals surface area (Å²) in [5, 5.41) is 0.153. The van der Waals surface area contributed by atoms with Crippen molar-refractivity contribution in [3.8, 4) is 0 Å². The fourth-order valence-corrected chi connectivity index (χ4v) is 2.40. The summed E-state index contributed by atoms with van der Waals surface area (Å²) in [6.45, 7) is 2.05. The molecule has 3 heteroatoms. The lowest BCUT2D eigenvalue weighted by atomic mass is 9.98. The third-order valence-corrected chi connectivity index (χ3v) is 3.39. The summed E-state index contributed by atoms with van der Waals surface area (Å²) in [6.07, 6.45) is 1.22. The van der Waals surface area contributed by atoms with Crippen molar-refractivity contribution in [3.63, 3.8) is 0 Å². The lowest BCUT2D eigenvalue weighted by molar-refractivity contribution is 0.584. The summed E-state index contributed by atoms with van der Waals surface area (Å²) in [5.74, 6) is -0.358. The van der Waals surface area contributed by atoms with Gasteiger partial charge in [-0.3, -0.25) is 0 Å². The second-order valence-corrected chi connectivity index (χ2v) is 5.28. The summed E-state index contributed by atoms with van der Waals surface area (Å²) in [5.41, 5.74) is 9.06. The first-order chi connectivity index (χ1) is 9.06. The first-order valence-corrected chi connectivity index (χ1v) is 6.68. The van der Waals surface area contributed by atoms with Gasteiger partial charge >= 0.3 is 0 Å². The minimum absolute atomic E-state index is 0.116. The fraction of sp³-hybridized carbons (Fsp3) is 0.250. The Balaban J connectivity index is 2.05. The van der Waals surface area contributed by atoms with Crippen molar-refractivity contribution in [2.24, 2.45) is 5.73 Å². The van der Waals surface area contributed by atoms with Crippen LogP contribution in [0.5, 0.6) is 0 Å². The Morgan fingerprint density at radius 3 is 2.63 bits per heavy atom. The van der Waals surface area contributed by atoms with Crippen LogP contribution in [0.15, 0.2) is 42.5 Å².